The van der Waals surface area contributed by atoms with E-state index in [0.29, 0.717) is 5.54 Å². The van der Waals surface area contributed by atoms with Crippen molar-refractivity contribution in [2.24, 2.45) is 17.2 Å². The summed E-state index contributed by atoms with van der Waals surface area (Å²) in [5, 5.41) is 1.58. The highest BCUT2D eigenvalue weighted by molar-refractivity contribution is 6.92. The van der Waals surface area contributed by atoms with Gasteiger partial charge in [0.1, 0.15) is 0 Å². The Kier molecular flexibility index (Phi) is 14.5. The highest BCUT2D eigenvalue weighted by Gasteiger charge is 2.34. The summed E-state index contributed by atoms with van der Waals surface area (Å²) in [6, 6.07) is 12.3. The Morgan fingerprint density at radius 2 is 1.29 bits per heavy atom. The molecule has 1 unspecified atom stereocenters. The predicted octanol–water partition coefficient (Wildman–Crippen LogP) is 2.21. The summed E-state index contributed by atoms with van der Waals surface area (Å²) in [4.78, 5) is 0. The van der Waals surface area contributed by atoms with Crippen LogP contribution < -0.4 is 22.4 Å². The maximum atomic E-state index is 4.50. The Hall–Kier alpha value is -1.20. The molecule has 21 heavy (non-hydrogen) atoms. The summed E-state index contributed by atoms with van der Waals surface area (Å²) in [6.45, 7) is 4.83. The molecular formula is C17H33N3Si. The molecule has 1 aromatic carbocycles. The Morgan fingerprint density at radius 1 is 0.857 bits per heavy atom. The second-order valence-corrected chi connectivity index (χ2v) is 9.22. The average Bonchev–Trinajstić information content (AvgIpc) is 3.15. The first-order chi connectivity index (χ1) is 10.3. The standard InChI is InChI=1S/C14H18Si.3CH5N/c1-3-15(2,14-11-7-8-12-14)13-9-5-4-6-10-13;3*1-2/h4-12,14H,3H2,1-2H3;3*2H2,1H3. The van der Waals surface area contributed by atoms with E-state index < -0.39 is 8.07 Å². The third-order valence-electron chi connectivity index (χ3n) is 3.65. The number of allylic oxidation sites excluding steroid dienone is 4. The van der Waals surface area contributed by atoms with Gasteiger partial charge in [0.25, 0.3) is 0 Å². The summed E-state index contributed by atoms with van der Waals surface area (Å²) in [5.74, 6) is 0. The first kappa shape index (κ1) is 22.1. The van der Waals surface area contributed by atoms with Crippen molar-refractivity contribution < 1.29 is 0 Å². The number of hydrogen-bond acceptors (Lipinski definition) is 3. The van der Waals surface area contributed by atoms with Crippen molar-refractivity contribution in [2.75, 3.05) is 21.1 Å². The minimum atomic E-state index is -1.34. The third-order valence-corrected chi connectivity index (χ3v) is 8.63. The van der Waals surface area contributed by atoms with Crippen LogP contribution in [0.3, 0.4) is 0 Å². The fourth-order valence-electron chi connectivity index (χ4n) is 2.31. The quantitative estimate of drug-likeness (QED) is 0.749. The fourth-order valence-corrected chi connectivity index (χ4v) is 5.60. The van der Waals surface area contributed by atoms with Crippen LogP contribution in [0.4, 0.5) is 0 Å². The second-order valence-electron chi connectivity index (χ2n) is 4.43. The lowest BCUT2D eigenvalue weighted by Gasteiger charge is -2.31. The zero-order chi connectivity index (χ0) is 16.7. The van der Waals surface area contributed by atoms with Gasteiger partial charge in [-0.3, -0.25) is 0 Å². The van der Waals surface area contributed by atoms with Gasteiger partial charge in [-0.2, -0.15) is 0 Å². The van der Waals surface area contributed by atoms with Gasteiger partial charge in [-0.25, -0.2) is 0 Å². The molecule has 0 heterocycles. The highest BCUT2D eigenvalue weighted by atomic mass is 28.3. The molecule has 0 radical (unpaired) electrons. The van der Waals surface area contributed by atoms with Crippen LogP contribution in [0.5, 0.6) is 0 Å². The number of nitrogens with two attached hydrogens (primary N) is 3. The Morgan fingerprint density at radius 3 is 1.67 bits per heavy atom. The minimum Gasteiger partial charge on any atom is -0.333 e. The van der Waals surface area contributed by atoms with E-state index in [1.807, 2.05) is 0 Å². The normalized spacial score (nSPS) is 14.7. The zero-order valence-electron chi connectivity index (χ0n) is 14.2. The monoisotopic (exact) mass is 307 g/mol. The highest BCUT2D eigenvalue weighted by Crippen LogP contribution is 2.31. The summed E-state index contributed by atoms with van der Waals surface area (Å²) in [6.07, 6.45) is 9.11. The average molecular weight is 308 g/mol. The predicted molar refractivity (Wildman–Crippen MR) is 101 cm³/mol. The van der Waals surface area contributed by atoms with Gasteiger partial charge in [-0.15, -0.1) is 0 Å². The third kappa shape index (κ3) is 6.40. The Bertz CT molecular complexity index is 378. The first-order valence-electron chi connectivity index (χ1n) is 7.41. The topological polar surface area (TPSA) is 78.1 Å². The lowest BCUT2D eigenvalue weighted by Crippen LogP contribution is -2.46. The van der Waals surface area contributed by atoms with E-state index in [1.54, 1.807) is 5.19 Å². The Labute approximate surface area is 131 Å². The Balaban J connectivity index is 0. The number of benzene rings is 1. The van der Waals surface area contributed by atoms with Gasteiger partial charge in [0.2, 0.25) is 0 Å². The van der Waals surface area contributed by atoms with Gasteiger partial charge in [0.15, 0.2) is 0 Å². The smallest absolute Gasteiger partial charge is 0.0938 e. The van der Waals surface area contributed by atoms with Gasteiger partial charge in [-0.05, 0) is 26.7 Å². The molecule has 4 heteroatoms. The van der Waals surface area contributed by atoms with E-state index in [2.05, 4.69) is 85.3 Å². The molecule has 0 fully saturated rings. The molecule has 0 saturated heterocycles. The maximum Gasteiger partial charge on any atom is 0.0938 e. The molecule has 0 spiro atoms. The van der Waals surface area contributed by atoms with Crippen molar-refractivity contribution in [3.05, 3.63) is 54.6 Å². The van der Waals surface area contributed by atoms with Crippen LogP contribution >= 0.6 is 0 Å². The lowest BCUT2D eigenvalue weighted by molar-refractivity contribution is 1.23. The van der Waals surface area contributed by atoms with Crippen LogP contribution in [0.25, 0.3) is 0 Å². The molecule has 1 atom stereocenters. The molecule has 1 aromatic rings. The van der Waals surface area contributed by atoms with Crippen LogP contribution in [0.15, 0.2) is 54.6 Å². The molecule has 0 aromatic heterocycles. The molecule has 1 aliphatic carbocycles. The van der Waals surface area contributed by atoms with Crippen LogP contribution in [0.2, 0.25) is 18.1 Å². The van der Waals surface area contributed by atoms with E-state index in [0.717, 1.165) is 0 Å². The van der Waals surface area contributed by atoms with Crippen molar-refractivity contribution in [2.45, 2.75) is 25.1 Å². The molecule has 0 saturated carbocycles. The number of rotatable bonds is 3. The zero-order valence-corrected chi connectivity index (χ0v) is 15.2. The largest absolute Gasteiger partial charge is 0.333 e. The first-order valence-corrected chi connectivity index (χ1v) is 10.2. The van der Waals surface area contributed by atoms with Crippen LogP contribution in [0, 0.1) is 0 Å². The van der Waals surface area contributed by atoms with Crippen LogP contribution in [-0.4, -0.2) is 29.2 Å². The molecule has 1 aliphatic rings. The van der Waals surface area contributed by atoms with E-state index in [4.69, 9.17) is 0 Å². The van der Waals surface area contributed by atoms with Crippen LogP contribution in [-0.2, 0) is 0 Å². The van der Waals surface area contributed by atoms with E-state index >= 15 is 0 Å². The molecule has 2 rings (SSSR count). The van der Waals surface area contributed by atoms with Gasteiger partial charge in [-0.1, -0.05) is 79.3 Å². The summed E-state index contributed by atoms with van der Waals surface area (Å²) in [5.41, 5.74) is 14.2. The van der Waals surface area contributed by atoms with E-state index in [1.165, 1.54) is 27.2 Å². The van der Waals surface area contributed by atoms with Crippen molar-refractivity contribution >= 4 is 13.3 Å². The van der Waals surface area contributed by atoms with Gasteiger partial charge in [0.05, 0.1) is 8.07 Å². The van der Waals surface area contributed by atoms with Crippen molar-refractivity contribution in [1.82, 2.24) is 0 Å². The van der Waals surface area contributed by atoms with Crippen LogP contribution in [0.1, 0.15) is 6.92 Å². The van der Waals surface area contributed by atoms with Gasteiger partial charge < -0.3 is 17.2 Å². The molecule has 3 nitrogen and oxygen atoms in total. The molecule has 120 valence electrons. The molecule has 0 aliphatic heterocycles. The summed E-state index contributed by atoms with van der Waals surface area (Å²) >= 11 is 0. The van der Waals surface area contributed by atoms with Crippen molar-refractivity contribution in [3.63, 3.8) is 0 Å². The minimum absolute atomic E-state index is 0.685. The molecule has 0 amide bonds. The number of hydrogen-bond donors (Lipinski definition) is 3. The summed E-state index contributed by atoms with van der Waals surface area (Å²) < 4.78 is 0. The van der Waals surface area contributed by atoms with Gasteiger partial charge in [0, 0.05) is 0 Å². The van der Waals surface area contributed by atoms with E-state index in [9.17, 15) is 0 Å². The van der Waals surface area contributed by atoms with Crippen molar-refractivity contribution in [3.8, 4) is 0 Å². The van der Waals surface area contributed by atoms with Gasteiger partial charge >= 0.3 is 0 Å². The molecule has 0 bridgehead atoms. The molecular weight excluding hydrogens is 274 g/mol. The maximum absolute atomic E-state index is 4.50. The van der Waals surface area contributed by atoms with Crippen molar-refractivity contribution in [1.29, 1.82) is 0 Å². The summed E-state index contributed by atoms with van der Waals surface area (Å²) in [7, 11) is 3.16. The second kappa shape index (κ2) is 13.8. The lowest BCUT2D eigenvalue weighted by atomic mass is 10.4. The van der Waals surface area contributed by atoms with E-state index in [-0.39, 0.29) is 0 Å². The molecule has 6 N–H and O–H groups in total. The SMILES string of the molecule is CC[Si](C)(c1ccccc1)C1C=CC=C1.CN.CN.CN. The fraction of sp³-hybridized carbons (Fsp3) is 0.412.